The molecule has 192 valence electrons. The Morgan fingerprint density at radius 1 is 0.333 bits per heavy atom. The Balaban J connectivity index is 0.000000360. The first kappa shape index (κ1) is 29.3. The lowest BCUT2D eigenvalue weighted by atomic mass is 10.4. The first-order chi connectivity index (χ1) is 17.1. The Labute approximate surface area is 210 Å². The number of carbonyl (C=O) groups excluding carboxylic acids is 6. The van der Waals surface area contributed by atoms with E-state index < -0.39 is 0 Å². The summed E-state index contributed by atoms with van der Waals surface area (Å²) < 4.78 is 0. The van der Waals surface area contributed by atoms with Gasteiger partial charge < -0.3 is 29.4 Å². The summed E-state index contributed by atoms with van der Waals surface area (Å²) in [7, 11) is 0. The SMILES string of the molecule is C=CC(=O)N1CN(C(=O)C=C)CN(C(=O)C=C)C1.C=CC(=O)N1CN(C(=O)C=C)CN(C(=O)C=C)C1. The van der Waals surface area contributed by atoms with Gasteiger partial charge in [-0.1, -0.05) is 39.5 Å². The maximum Gasteiger partial charge on any atom is 0.248 e. The van der Waals surface area contributed by atoms with Gasteiger partial charge in [-0.25, -0.2) is 0 Å². The quantitative estimate of drug-likeness (QED) is 0.469. The van der Waals surface area contributed by atoms with Gasteiger partial charge in [-0.2, -0.15) is 0 Å². The van der Waals surface area contributed by atoms with Crippen molar-refractivity contribution in [3.63, 3.8) is 0 Å². The van der Waals surface area contributed by atoms with Crippen molar-refractivity contribution in [3.8, 4) is 0 Å². The van der Waals surface area contributed by atoms with Gasteiger partial charge in [0.1, 0.15) is 0 Å². The van der Waals surface area contributed by atoms with E-state index in [9.17, 15) is 28.8 Å². The van der Waals surface area contributed by atoms with Gasteiger partial charge in [-0.05, 0) is 36.5 Å². The Morgan fingerprint density at radius 2 is 0.444 bits per heavy atom. The molecule has 0 spiro atoms. The van der Waals surface area contributed by atoms with Crippen LogP contribution in [-0.2, 0) is 28.8 Å². The molecule has 2 heterocycles. The molecule has 0 aliphatic carbocycles. The van der Waals surface area contributed by atoms with Gasteiger partial charge >= 0.3 is 0 Å². The monoisotopic (exact) mass is 498 g/mol. The maximum absolute atomic E-state index is 11.6. The summed E-state index contributed by atoms with van der Waals surface area (Å²) in [4.78, 5) is 77.4. The fourth-order valence-electron chi connectivity index (χ4n) is 3.12. The molecule has 0 saturated carbocycles. The van der Waals surface area contributed by atoms with E-state index in [2.05, 4.69) is 39.5 Å². The molecule has 36 heavy (non-hydrogen) atoms. The van der Waals surface area contributed by atoms with E-state index in [0.29, 0.717) is 0 Å². The molecular formula is C24H30N6O6. The van der Waals surface area contributed by atoms with Crippen LogP contribution in [0.2, 0.25) is 0 Å². The summed E-state index contributed by atoms with van der Waals surface area (Å²) >= 11 is 0. The summed E-state index contributed by atoms with van der Waals surface area (Å²) in [5.41, 5.74) is 0. The highest BCUT2D eigenvalue weighted by Gasteiger charge is 2.30. The van der Waals surface area contributed by atoms with Crippen LogP contribution in [0.5, 0.6) is 0 Å². The topological polar surface area (TPSA) is 122 Å². The summed E-state index contributed by atoms with van der Waals surface area (Å²) in [5, 5.41) is 0. The van der Waals surface area contributed by atoms with Crippen LogP contribution < -0.4 is 0 Å². The lowest BCUT2D eigenvalue weighted by molar-refractivity contribution is -0.154. The van der Waals surface area contributed by atoms with Crippen molar-refractivity contribution in [3.05, 3.63) is 75.9 Å². The summed E-state index contributed by atoms with van der Waals surface area (Å²) in [6.07, 6.45) is 6.82. The molecule has 6 amide bonds. The maximum atomic E-state index is 11.6. The third-order valence-electron chi connectivity index (χ3n) is 4.97. The van der Waals surface area contributed by atoms with E-state index >= 15 is 0 Å². The molecule has 2 rings (SSSR count). The first-order valence-corrected chi connectivity index (χ1v) is 10.5. The summed E-state index contributed by atoms with van der Waals surface area (Å²) in [6.45, 7) is 20.9. The number of nitrogens with zero attached hydrogens (tertiary/aromatic N) is 6. The van der Waals surface area contributed by atoms with Gasteiger partial charge in [0.2, 0.25) is 35.4 Å². The average molecular weight is 499 g/mol. The molecule has 0 radical (unpaired) electrons. The molecule has 0 aromatic rings. The van der Waals surface area contributed by atoms with Crippen LogP contribution in [0.3, 0.4) is 0 Å². The average Bonchev–Trinajstić information content (AvgIpc) is 2.93. The minimum absolute atomic E-state index is 0.108. The van der Waals surface area contributed by atoms with E-state index in [-0.39, 0.29) is 75.5 Å². The second kappa shape index (κ2) is 13.8. The molecule has 2 aliphatic heterocycles. The van der Waals surface area contributed by atoms with E-state index in [4.69, 9.17) is 0 Å². The van der Waals surface area contributed by atoms with Crippen LogP contribution >= 0.6 is 0 Å². The minimum Gasteiger partial charge on any atom is -0.303 e. The molecule has 0 aromatic carbocycles. The van der Waals surface area contributed by atoms with Gasteiger partial charge in [0.15, 0.2) is 0 Å². The van der Waals surface area contributed by atoms with E-state index in [0.717, 1.165) is 36.5 Å². The Bertz CT molecular complexity index is 776. The van der Waals surface area contributed by atoms with Gasteiger partial charge in [0, 0.05) is 0 Å². The lowest BCUT2D eigenvalue weighted by Gasteiger charge is -2.41. The Hall–Kier alpha value is -4.74. The summed E-state index contributed by atoms with van der Waals surface area (Å²) in [5.74, 6) is -2.09. The van der Waals surface area contributed by atoms with Gasteiger partial charge in [0.25, 0.3) is 0 Å². The Kier molecular flexibility index (Phi) is 11.3. The number of hydrogen-bond donors (Lipinski definition) is 0. The van der Waals surface area contributed by atoms with Gasteiger partial charge in [-0.15, -0.1) is 0 Å². The highest BCUT2D eigenvalue weighted by Crippen LogP contribution is 2.11. The number of carbonyl (C=O) groups is 6. The van der Waals surface area contributed by atoms with Crippen molar-refractivity contribution in [1.29, 1.82) is 0 Å². The van der Waals surface area contributed by atoms with Crippen molar-refractivity contribution in [2.75, 3.05) is 40.0 Å². The molecule has 0 unspecified atom stereocenters. The smallest absolute Gasteiger partial charge is 0.248 e. The van der Waals surface area contributed by atoms with Crippen LogP contribution in [0.1, 0.15) is 0 Å². The van der Waals surface area contributed by atoms with Crippen LogP contribution in [0.4, 0.5) is 0 Å². The second-order valence-electron chi connectivity index (χ2n) is 7.34. The van der Waals surface area contributed by atoms with E-state index in [1.807, 2.05) is 0 Å². The molecule has 12 nitrogen and oxygen atoms in total. The molecule has 2 saturated heterocycles. The number of hydrogen-bond acceptors (Lipinski definition) is 6. The van der Waals surface area contributed by atoms with Gasteiger partial charge in [-0.3, -0.25) is 28.8 Å². The second-order valence-corrected chi connectivity index (χ2v) is 7.34. The van der Waals surface area contributed by atoms with Crippen LogP contribution in [0.25, 0.3) is 0 Å². The normalized spacial score (nSPS) is 15.0. The molecule has 0 bridgehead atoms. The third-order valence-corrected chi connectivity index (χ3v) is 4.97. The highest BCUT2D eigenvalue weighted by molar-refractivity contribution is 5.93. The zero-order chi connectivity index (χ0) is 27.4. The van der Waals surface area contributed by atoms with Crippen molar-refractivity contribution in [2.24, 2.45) is 0 Å². The predicted molar refractivity (Wildman–Crippen MR) is 131 cm³/mol. The molecule has 0 aromatic heterocycles. The number of rotatable bonds is 6. The molecule has 0 N–H and O–H groups in total. The van der Waals surface area contributed by atoms with E-state index in [1.54, 1.807) is 0 Å². The van der Waals surface area contributed by atoms with Crippen molar-refractivity contribution >= 4 is 35.4 Å². The molecule has 0 atom stereocenters. The van der Waals surface area contributed by atoms with Crippen molar-refractivity contribution in [2.45, 2.75) is 0 Å². The lowest BCUT2D eigenvalue weighted by Crippen LogP contribution is -2.58. The summed E-state index contributed by atoms with van der Waals surface area (Å²) in [6, 6.07) is 0. The zero-order valence-corrected chi connectivity index (χ0v) is 20.1. The third kappa shape index (κ3) is 7.65. The van der Waals surface area contributed by atoms with Crippen LogP contribution in [-0.4, -0.2) is 105 Å². The minimum atomic E-state index is -0.349. The first-order valence-electron chi connectivity index (χ1n) is 10.5. The Morgan fingerprint density at radius 3 is 0.528 bits per heavy atom. The zero-order valence-electron chi connectivity index (χ0n) is 20.1. The molecule has 2 fully saturated rings. The largest absolute Gasteiger partial charge is 0.303 e. The molecule has 12 heteroatoms. The fourth-order valence-corrected chi connectivity index (χ4v) is 3.12. The fraction of sp³-hybridized carbons (Fsp3) is 0.250. The molecular weight excluding hydrogens is 468 g/mol. The van der Waals surface area contributed by atoms with Crippen molar-refractivity contribution < 1.29 is 28.8 Å². The van der Waals surface area contributed by atoms with E-state index in [1.165, 1.54) is 29.4 Å². The van der Waals surface area contributed by atoms with Crippen molar-refractivity contribution in [1.82, 2.24) is 29.4 Å². The van der Waals surface area contributed by atoms with Gasteiger partial charge in [0.05, 0.1) is 40.0 Å². The van der Waals surface area contributed by atoms with Crippen LogP contribution in [0, 0.1) is 0 Å². The highest BCUT2D eigenvalue weighted by atomic mass is 16.2. The predicted octanol–water partition coefficient (Wildman–Crippen LogP) is -0.167. The molecule has 2 aliphatic rings. The standard InChI is InChI=1S/2C12H15N3O3/c2*1-4-10(16)13-7-14(11(17)5-2)9-15(8-13)12(18)6-3/h2*4-6H,1-3,7-9H2. The van der Waals surface area contributed by atoms with Crippen LogP contribution in [0.15, 0.2) is 75.9 Å². The number of amides is 6.